The number of nitrogens with zero attached hydrogens (tertiary/aromatic N) is 2. The molecule has 0 spiro atoms. The molecule has 0 atom stereocenters. The Bertz CT molecular complexity index is 518. The molecule has 1 aromatic carbocycles. The van der Waals surface area contributed by atoms with Gasteiger partial charge in [-0.2, -0.15) is 0 Å². The number of benzene rings is 1. The van der Waals surface area contributed by atoms with Gasteiger partial charge < -0.3 is 19.8 Å². The van der Waals surface area contributed by atoms with Gasteiger partial charge in [-0.1, -0.05) is 22.8 Å². The topological polar surface area (TPSA) is 72.2 Å². The number of ether oxygens (including phenoxy) is 1. The average Bonchev–Trinajstić information content (AvgIpc) is 2.82. The average molecular weight is 283 g/mol. The van der Waals surface area contributed by atoms with Crippen LogP contribution in [-0.2, 0) is 11.3 Å². The second kappa shape index (κ2) is 7.08. The summed E-state index contributed by atoms with van der Waals surface area (Å²) in [7, 11) is 1.65. The molecule has 0 aliphatic heterocycles. The Morgan fingerprint density at radius 3 is 3.05 bits per heavy atom. The first-order valence-electron chi connectivity index (χ1n) is 5.82. The summed E-state index contributed by atoms with van der Waals surface area (Å²) < 4.78 is 10.3. The fraction of sp³-hybridized carbons (Fsp3) is 0.333. The molecular weight excluding hydrogens is 268 g/mol. The number of anilines is 2. The predicted molar refractivity (Wildman–Crippen MR) is 72.6 cm³/mol. The molecule has 2 aromatic rings. The van der Waals surface area contributed by atoms with Gasteiger partial charge in [-0.15, -0.1) is 5.10 Å². The molecule has 2 N–H and O–H groups in total. The molecule has 102 valence electrons. The normalized spacial score (nSPS) is 10.6. The highest BCUT2D eigenvalue weighted by Crippen LogP contribution is 2.19. The van der Waals surface area contributed by atoms with Crippen molar-refractivity contribution in [2.45, 2.75) is 6.54 Å². The lowest BCUT2D eigenvalue weighted by Crippen LogP contribution is -2.18. The zero-order valence-corrected chi connectivity index (χ0v) is 11.3. The minimum atomic E-state index is 0.339. The fourth-order valence-corrected chi connectivity index (χ4v) is 1.63. The number of aromatic nitrogens is 2. The fourth-order valence-electron chi connectivity index (χ4n) is 1.43. The summed E-state index contributed by atoms with van der Waals surface area (Å²) in [5.41, 5.74) is 0.801. The van der Waals surface area contributed by atoms with Crippen LogP contribution >= 0.6 is 11.6 Å². The van der Waals surface area contributed by atoms with Crippen LogP contribution in [0.5, 0.6) is 0 Å². The van der Waals surface area contributed by atoms with Crippen LogP contribution in [0.25, 0.3) is 0 Å². The second-order valence-corrected chi connectivity index (χ2v) is 4.24. The van der Waals surface area contributed by atoms with Gasteiger partial charge in [0.25, 0.3) is 0 Å². The van der Waals surface area contributed by atoms with Gasteiger partial charge in [-0.3, -0.25) is 0 Å². The van der Waals surface area contributed by atoms with Crippen molar-refractivity contribution in [3.63, 3.8) is 0 Å². The molecule has 0 bridgehead atoms. The van der Waals surface area contributed by atoms with E-state index in [4.69, 9.17) is 20.8 Å². The third-order valence-electron chi connectivity index (χ3n) is 2.30. The standard InChI is InChI=1S/C12H15ClN4O2/c1-18-6-5-14-8-11-16-17-12(19-11)15-10-4-2-3-9(13)7-10/h2-4,7,14H,5-6,8H2,1H3,(H,15,17). The lowest BCUT2D eigenvalue weighted by Gasteiger charge is -2.01. The molecule has 0 radical (unpaired) electrons. The van der Waals surface area contributed by atoms with Crippen LogP contribution in [0.15, 0.2) is 28.7 Å². The van der Waals surface area contributed by atoms with Gasteiger partial charge in [0, 0.05) is 24.4 Å². The van der Waals surface area contributed by atoms with Gasteiger partial charge in [0.15, 0.2) is 0 Å². The van der Waals surface area contributed by atoms with Gasteiger partial charge in [-0.25, -0.2) is 0 Å². The van der Waals surface area contributed by atoms with Crippen molar-refractivity contribution >= 4 is 23.3 Å². The van der Waals surface area contributed by atoms with Crippen molar-refractivity contribution in [1.29, 1.82) is 0 Å². The predicted octanol–water partition coefficient (Wildman–Crippen LogP) is 2.20. The second-order valence-electron chi connectivity index (χ2n) is 3.81. The van der Waals surface area contributed by atoms with Gasteiger partial charge in [0.05, 0.1) is 13.2 Å². The Labute approximate surface area is 116 Å². The zero-order chi connectivity index (χ0) is 13.5. The van der Waals surface area contributed by atoms with Crippen LogP contribution in [0.4, 0.5) is 11.7 Å². The van der Waals surface area contributed by atoms with E-state index in [0.717, 1.165) is 12.2 Å². The van der Waals surface area contributed by atoms with Crippen molar-refractivity contribution in [1.82, 2.24) is 15.5 Å². The number of hydrogen-bond donors (Lipinski definition) is 2. The minimum absolute atomic E-state index is 0.339. The maximum atomic E-state index is 5.89. The number of nitrogens with one attached hydrogen (secondary N) is 2. The van der Waals surface area contributed by atoms with Crippen LogP contribution < -0.4 is 10.6 Å². The number of rotatable bonds is 7. The maximum Gasteiger partial charge on any atom is 0.320 e. The molecule has 0 saturated carbocycles. The molecule has 0 aliphatic carbocycles. The Morgan fingerprint density at radius 1 is 1.37 bits per heavy atom. The SMILES string of the molecule is COCCNCc1nnc(Nc2cccc(Cl)c2)o1. The highest BCUT2D eigenvalue weighted by molar-refractivity contribution is 6.30. The molecule has 0 unspecified atom stereocenters. The monoisotopic (exact) mass is 282 g/mol. The quantitative estimate of drug-likeness (QED) is 0.759. The molecular formula is C12H15ClN4O2. The summed E-state index contributed by atoms with van der Waals surface area (Å²) in [5, 5.41) is 14.6. The van der Waals surface area contributed by atoms with Crippen LogP contribution in [0.3, 0.4) is 0 Å². The lowest BCUT2D eigenvalue weighted by molar-refractivity contribution is 0.198. The largest absolute Gasteiger partial charge is 0.406 e. The van der Waals surface area contributed by atoms with E-state index in [9.17, 15) is 0 Å². The van der Waals surface area contributed by atoms with Crippen LogP contribution in [0, 0.1) is 0 Å². The Hall–Kier alpha value is -1.63. The number of hydrogen-bond acceptors (Lipinski definition) is 6. The van der Waals surface area contributed by atoms with E-state index in [1.807, 2.05) is 12.1 Å². The third kappa shape index (κ3) is 4.51. The molecule has 0 saturated heterocycles. The summed E-state index contributed by atoms with van der Waals surface area (Å²) >= 11 is 5.89. The van der Waals surface area contributed by atoms with E-state index in [1.165, 1.54) is 0 Å². The number of halogens is 1. The van der Waals surface area contributed by atoms with E-state index >= 15 is 0 Å². The first-order chi connectivity index (χ1) is 9.28. The molecule has 1 aromatic heterocycles. The smallest absolute Gasteiger partial charge is 0.320 e. The summed E-state index contributed by atoms with van der Waals surface area (Å²) in [4.78, 5) is 0. The summed E-state index contributed by atoms with van der Waals surface area (Å²) in [6.45, 7) is 1.88. The minimum Gasteiger partial charge on any atom is -0.406 e. The molecule has 0 fully saturated rings. The molecule has 6 nitrogen and oxygen atoms in total. The molecule has 0 aliphatic rings. The highest BCUT2D eigenvalue weighted by atomic mass is 35.5. The van der Waals surface area contributed by atoms with E-state index < -0.39 is 0 Å². The van der Waals surface area contributed by atoms with Crippen molar-refractivity contribution in [2.24, 2.45) is 0 Å². The van der Waals surface area contributed by atoms with E-state index in [0.29, 0.717) is 30.1 Å². The Balaban J connectivity index is 1.87. The van der Waals surface area contributed by atoms with Crippen LogP contribution in [0.1, 0.15) is 5.89 Å². The van der Waals surface area contributed by atoms with Gasteiger partial charge in [-0.05, 0) is 18.2 Å². The van der Waals surface area contributed by atoms with Gasteiger partial charge in [0.1, 0.15) is 0 Å². The maximum absolute atomic E-state index is 5.89. The molecule has 2 rings (SSSR count). The Morgan fingerprint density at radius 2 is 2.26 bits per heavy atom. The zero-order valence-electron chi connectivity index (χ0n) is 10.5. The summed E-state index contributed by atoms with van der Waals surface area (Å²) in [6.07, 6.45) is 0. The Kier molecular flexibility index (Phi) is 5.14. The van der Waals surface area contributed by atoms with E-state index in [-0.39, 0.29) is 0 Å². The lowest BCUT2D eigenvalue weighted by atomic mass is 10.3. The molecule has 19 heavy (non-hydrogen) atoms. The molecule has 7 heteroatoms. The molecule has 0 amide bonds. The van der Waals surface area contributed by atoms with Crippen molar-refractivity contribution < 1.29 is 9.15 Å². The summed E-state index contributed by atoms with van der Waals surface area (Å²) in [5.74, 6) is 0.514. The summed E-state index contributed by atoms with van der Waals surface area (Å²) in [6, 6.07) is 7.63. The molecule has 1 heterocycles. The van der Waals surface area contributed by atoms with Crippen molar-refractivity contribution in [3.05, 3.63) is 35.2 Å². The van der Waals surface area contributed by atoms with E-state index in [2.05, 4.69) is 20.8 Å². The van der Waals surface area contributed by atoms with E-state index in [1.54, 1.807) is 19.2 Å². The number of methoxy groups -OCH3 is 1. The first kappa shape index (κ1) is 13.8. The van der Waals surface area contributed by atoms with Gasteiger partial charge >= 0.3 is 6.01 Å². The van der Waals surface area contributed by atoms with Gasteiger partial charge in [0.2, 0.25) is 5.89 Å². The van der Waals surface area contributed by atoms with Crippen molar-refractivity contribution in [3.8, 4) is 0 Å². The third-order valence-corrected chi connectivity index (χ3v) is 2.54. The first-order valence-corrected chi connectivity index (χ1v) is 6.20. The van der Waals surface area contributed by atoms with Crippen LogP contribution in [0.2, 0.25) is 5.02 Å². The highest BCUT2D eigenvalue weighted by Gasteiger charge is 2.05. The van der Waals surface area contributed by atoms with Crippen LogP contribution in [-0.4, -0.2) is 30.5 Å². The van der Waals surface area contributed by atoms with Crippen molar-refractivity contribution in [2.75, 3.05) is 25.6 Å².